The number of carboxylic acids is 2. The zero-order valence-corrected chi connectivity index (χ0v) is 22.6. The second-order valence-electron chi connectivity index (χ2n) is 9.43. The molecule has 2 N–H and O–H groups in total. The number of carbonyl (C=O) groups is 6. The zero-order valence-electron chi connectivity index (χ0n) is 21.0. The molecular formula is C30H14N2O8S2. The molecule has 204 valence electrons. The second kappa shape index (κ2) is 9.16. The van der Waals surface area contributed by atoms with Crippen LogP contribution < -0.4 is 9.80 Å². The van der Waals surface area contributed by atoms with Gasteiger partial charge in [-0.2, -0.15) is 0 Å². The fraction of sp³-hybridized carbons (Fsp3) is 0. The second-order valence-corrected chi connectivity index (χ2v) is 11.6. The summed E-state index contributed by atoms with van der Waals surface area (Å²) >= 11 is 2.66. The lowest BCUT2D eigenvalue weighted by molar-refractivity contribution is 0.0686. The van der Waals surface area contributed by atoms with E-state index in [1.54, 1.807) is 6.07 Å². The van der Waals surface area contributed by atoms with Crippen LogP contribution in [0.25, 0.3) is 0 Å². The Morgan fingerprint density at radius 3 is 1.62 bits per heavy atom. The van der Waals surface area contributed by atoms with Crippen LogP contribution in [-0.2, 0) is 0 Å². The molecule has 0 radical (unpaired) electrons. The summed E-state index contributed by atoms with van der Waals surface area (Å²) in [5.74, 6) is -5.64. The molecule has 12 heteroatoms. The van der Waals surface area contributed by atoms with Crippen molar-refractivity contribution in [2.24, 2.45) is 0 Å². The van der Waals surface area contributed by atoms with Gasteiger partial charge in [-0.15, -0.1) is 0 Å². The van der Waals surface area contributed by atoms with Crippen molar-refractivity contribution in [2.45, 2.75) is 19.6 Å². The topological polar surface area (TPSA) is 149 Å². The SMILES string of the molecule is O=C(O)c1ccc2c(c1)C(=O)N(c1ccc3c(c1N1C(=O)c4ccc(C(=O)O)cc4C1=O)Sc1ccccc1S3)C2=O. The molecule has 4 aromatic rings. The van der Waals surface area contributed by atoms with E-state index in [1.165, 1.54) is 53.9 Å². The third-order valence-electron chi connectivity index (χ3n) is 7.09. The molecule has 4 aromatic carbocycles. The monoisotopic (exact) mass is 594 g/mol. The van der Waals surface area contributed by atoms with Gasteiger partial charge in [-0.3, -0.25) is 19.2 Å². The molecule has 3 aliphatic heterocycles. The number of hydrogen-bond acceptors (Lipinski definition) is 8. The molecule has 0 spiro atoms. The van der Waals surface area contributed by atoms with Crippen LogP contribution >= 0.6 is 23.5 Å². The lowest BCUT2D eigenvalue weighted by Crippen LogP contribution is -2.35. The minimum atomic E-state index is -1.27. The van der Waals surface area contributed by atoms with Crippen molar-refractivity contribution in [3.05, 3.63) is 106 Å². The van der Waals surface area contributed by atoms with Gasteiger partial charge >= 0.3 is 11.9 Å². The summed E-state index contributed by atoms with van der Waals surface area (Å²) in [7, 11) is 0. The number of benzene rings is 4. The maximum Gasteiger partial charge on any atom is 0.335 e. The Morgan fingerprint density at radius 2 is 1.05 bits per heavy atom. The van der Waals surface area contributed by atoms with E-state index in [1.807, 2.05) is 24.3 Å². The number of carboxylic acid groups (broad SMARTS) is 2. The minimum absolute atomic E-state index is 0.00413. The molecule has 0 saturated carbocycles. The molecule has 10 nitrogen and oxygen atoms in total. The average molecular weight is 595 g/mol. The maximum atomic E-state index is 13.8. The Balaban J connectivity index is 1.44. The molecule has 7 rings (SSSR count). The lowest BCUT2D eigenvalue weighted by atomic mass is 10.1. The quantitative estimate of drug-likeness (QED) is 0.263. The van der Waals surface area contributed by atoms with Crippen molar-refractivity contribution in [1.29, 1.82) is 0 Å². The van der Waals surface area contributed by atoms with Gasteiger partial charge in [0.2, 0.25) is 0 Å². The normalized spacial score (nSPS) is 15.0. The summed E-state index contributed by atoms with van der Waals surface area (Å²) in [4.78, 5) is 82.6. The van der Waals surface area contributed by atoms with Gasteiger partial charge in [0.15, 0.2) is 0 Å². The van der Waals surface area contributed by atoms with Crippen LogP contribution in [0.5, 0.6) is 0 Å². The summed E-state index contributed by atoms with van der Waals surface area (Å²) < 4.78 is 0. The van der Waals surface area contributed by atoms with E-state index in [0.717, 1.165) is 31.7 Å². The molecule has 3 heterocycles. The van der Waals surface area contributed by atoms with Crippen LogP contribution in [0.1, 0.15) is 62.1 Å². The third kappa shape index (κ3) is 3.62. The number of carbonyl (C=O) groups excluding carboxylic acids is 4. The predicted octanol–water partition coefficient (Wildman–Crippen LogP) is 5.30. The number of anilines is 2. The van der Waals surface area contributed by atoms with Crippen LogP contribution in [0.15, 0.2) is 92.4 Å². The highest BCUT2D eigenvalue weighted by Crippen LogP contribution is 2.55. The summed E-state index contributed by atoms with van der Waals surface area (Å²) in [6, 6.07) is 17.9. The van der Waals surface area contributed by atoms with Crippen LogP contribution in [0.4, 0.5) is 11.4 Å². The van der Waals surface area contributed by atoms with E-state index in [-0.39, 0.29) is 44.8 Å². The van der Waals surface area contributed by atoms with Crippen LogP contribution in [0, 0.1) is 0 Å². The van der Waals surface area contributed by atoms with Gasteiger partial charge in [-0.1, -0.05) is 35.7 Å². The first-order valence-corrected chi connectivity index (χ1v) is 13.9. The van der Waals surface area contributed by atoms with Crippen molar-refractivity contribution in [2.75, 3.05) is 9.80 Å². The van der Waals surface area contributed by atoms with Gasteiger partial charge in [-0.25, -0.2) is 19.4 Å². The number of fused-ring (bicyclic) bond motifs is 4. The molecule has 42 heavy (non-hydrogen) atoms. The smallest absolute Gasteiger partial charge is 0.335 e. The summed E-state index contributed by atoms with van der Waals surface area (Å²) in [5, 5.41) is 18.9. The average Bonchev–Trinajstić information content (AvgIpc) is 3.38. The van der Waals surface area contributed by atoms with Gasteiger partial charge in [0.05, 0.1) is 49.7 Å². The van der Waals surface area contributed by atoms with E-state index in [4.69, 9.17) is 0 Å². The summed E-state index contributed by atoms with van der Waals surface area (Å²) in [5.41, 5.74) is -0.686. The van der Waals surface area contributed by atoms with E-state index in [2.05, 4.69) is 0 Å². The third-order valence-corrected chi connectivity index (χ3v) is 9.67. The Kier molecular flexibility index (Phi) is 5.61. The van der Waals surface area contributed by atoms with Gasteiger partial charge in [-0.05, 0) is 60.7 Å². The number of aromatic carboxylic acids is 2. The van der Waals surface area contributed by atoms with Crippen LogP contribution in [-0.4, -0.2) is 45.8 Å². The van der Waals surface area contributed by atoms with Crippen LogP contribution in [0.3, 0.4) is 0 Å². The minimum Gasteiger partial charge on any atom is -0.478 e. The Bertz CT molecular complexity index is 2000. The van der Waals surface area contributed by atoms with Crippen molar-refractivity contribution in [3.63, 3.8) is 0 Å². The first kappa shape index (κ1) is 25.7. The molecule has 0 aromatic heterocycles. The largest absolute Gasteiger partial charge is 0.478 e. The fourth-order valence-corrected chi connectivity index (χ4v) is 7.51. The number of rotatable bonds is 4. The lowest BCUT2D eigenvalue weighted by Gasteiger charge is -2.29. The van der Waals surface area contributed by atoms with Crippen molar-refractivity contribution in [1.82, 2.24) is 0 Å². The molecule has 0 unspecified atom stereocenters. The molecule has 0 fully saturated rings. The number of amides is 4. The fourth-order valence-electron chi connectivity index (χ4n) is 5.13. The number of hydrogen-bond donors (Lipinski definition) is 2. The highest BCUT2D eigenvalue weighted by molar-refractivity contribution is 8.05. The molecule has 0 saturated heterocycles. The van der Waals surface area contributed by atoms with E-state index >= 15 is 0 Å². The number of imide groups is 2. The van der Waals surface area contributed by atoms with E-state index < -0.39 is 35.6 Å². The number of nitrogens with zero attached hydrogens (tertiary/aromatic N) is 2. The molecule has 0 aliphatic carbocycles. The van der Waals surface area contributed by atoms with Crippen molar-refractivity contribution >= 4 is 70.5 Å². The van der Waals surface area contributed by atoms with Gasteiger partial charge in [0.1, 0.15) is 0 Å². The molecule has 0 atom stereocenters. The first-order chi connectivity index (χ1) is 20.2. The maximum absolute atomic E-state index is 13.8. The predicted molar refractivity (Wildman–Crippen MR) is 150 cm³/mol. The van der Waals surface area contributed by atoms with Crippen molar-refractivity contribution in [3.8, 4) is 0 Å². The highest BCUT2D eigenvalue weighted by Gasteiger charge is 2.45. The Hall–Kier alpha value is -5.20. The highest BCUT2D eigenvalue weighted by atomic mass is 32.2. The summed E-state index contributed by atoms with van der Waals surface area (Å²) in [6.07, 6.45) is 0. The van der Waals surface area contributed by atoms with E-state index in [0.29, 0.717) is 9.79 Å². The van der Waals surface area contributed by atoms with Gasteiger partial charge in [0.25, 0.3) is 23.6 Å². The van der Waals surface area contributed by atoms with Crippen molar-refractivity contribution < 1.29 is 39.0 Å². The first-order valence-electron chi connectivity index (χ1n) is 12.3. The molecule has 0 bridgehead atoms. The Labute approximate surface area is 244 Å². The van der Waals surface area contributed by atoms with Gasteiger partial charge in [0, 0.05) is 14.7 Å². The molecular weight excluding hydrogens is 580 g/mol. The van der Waals surface area contributed by atoms with Crippen LogP contribution in [0.2, 0.25) is 0 Å². The standard InChI is InChI=1S/C30H14N2O8S2/c33-25-15-7-5-13(29(37)38)11-17(15)27(35)31(25)19-9-10-22-24(42-21-4-2-1-3-20(21)41-22)23(19)32-26(34)16-8-6-14(30(39)40)12-18(16)28(32)36/h1-12H,(H,37,38)(H,39,40). The van der Waals surface area contributed by atoms with Gasteiger partial charge < -0.3 is 10.2 Å². The molecule has 4 amide bonds. The summed E-state index contributed by atoms with van der Waals surface area (Å²) in [6.45, 7) is 0. The Morgan fingerprint density at radius 1 is 0.548 bits per heavy atom. The molecule has 3 aliphatic rings. The zero-order chi connectivity index (χ0) is 29.4. The van der Waals surface area contributed by atoms with E-state index in [9.17, 15) is 39.0 Å².